The van der Waals surface area contributed by atoms with Crippen LogP contribution in [0.25, 0.3) is 11.1 Å². The fourth-order valence-electron chi connectivity index (χ4n) is 3.74. The third-order valence-corrected chi connectivity index (χ3v) is 7.25. The first-order valence-electron chi connectivity index (χ1n) is 11.7. The van der Waals surface area contributed by atoms with Crippen LogP contribution in [0.3, 0.4) is 0 Å². The fourth-order valence-corrected chi connectivity index (χ4v) is 5.47. The van der Waals surface area contributed by atoms with Crippen molar-refractivity contribution in [1.29, 1.82) is 0 Å². The highest BCUT2D eigenvalue weighted by atomic mass is 35.5. The Balaban J connectivity index is 1.71. The molecule has 0 aliphatic carbocycles. The summed E-state index contributed by atoms with van der Waals surface area (Å²) in [6.45, 7) is 5.91. The zero-order chi connectivity index (χ0) is 26.3. The lowest BCUT2D eigenvalue weighted by molar-refractivity contribution is 0.0527. The maximum Gasteiger partial charge on any atom is 0.407 e. The number of carbonyl (C=O) groups is 1. The number of methoxy groups -OCH3 is 1. The minimum Gasteiger partial charge on any atom is -0.495 e. The predicted molar refractivity (Wildman–Crippen MR) is 143 cm³/mol. The average molecular weight is 530 g/mol. The summed E-state index contributed by atoms with van der Waals surface area (Å²) >= 11 is 6.12. The van der Waals surface area contributed by atoms with E-state index in [2.05, 4.69) is 5.32 Å². The van der Waals surface area contributed by atoms with Gasteiger partial charge in [0.2, 0.25) is 0 Å². The van der Waals surface area contributed by atoms with Gasteiger partial charge in [0.1, 0.15) is 16.2 Å². The highest BCUT2D eigenvalue weighted by molar-refractivity contribution is 7.90. The molecule has 1 N–H and O–H groups in total. The van der Waals surface area contributed by atoms with Crippen molar-refractivity contribution < 1.29 is 22.7 Å². The highest BCUT2D eigenvalue weighted by Gasteiger charge is 2.22. The second-order valence-corrected chi connectivity index (χ2v) is 11.9. The molecule has 8 heteroatoms. The lowest BCUT2D eigenvalue weighted by Crippen LogP contribution is -2.33. The van der Waals surface area contributed by atoms with E-state index < -0.39 is 21.5 Å². The molecule has 0 aliphatic heterocycles. The molecule has 0 aliphatic rings. The Morgan fingerprint density at radius 3 is 2.33 bits per heavy atom. The van der Waals surface area contributed by atoms with E-state index in [0.29, 0.717) is 35.7 Å². The van der Waals surface area contributed by atoms with Gasteiger partial charge >= 0.3 is 6.09 Å². The Bertz CT molecular complexity index is 1320. The molecule has 0 spiro atoms. The minimum absolute atomic E-state index is 0.134. The largest absolute Gasteiger partial charge is 0.495 e. The number of alkyl carbamates (subject to hydrolysis) is 1. The van der Waals surface area contributed by atoms with Crippen LogP contribution < -0.4 is 10.1 Å². The molecule has 36 heavy (non-hydrogen) atoms. The Kier molecular flexibility index (Phi) is 9.03. The van der Waals surface area contributed by atoms with Crippen LogP contribution >= 0.6 is 11.6 Å². The lowest BCUT2D eigenvalue weighted by atomic mass is 10.1. The monoisotopic (exact) mass is 529 g/mol. The SMILES string of the molecule is COc1ccc(-c2cccc(Cl)c2)cc1S(=O)(=O)Cc1cccc(CCCNC(=O)OC(C)(C)C)c1. The number of carbonyl (C=O) groups excluding carboxylic acids is 1. The van der Waals surface area contributed by atoms with E-state index >= 15 is 0 Å². The Morgan fingerprint density at radius 1 is 0.944 bits per heavy atom. The van der Waals surface area contributed by atoms with Gasteiger partial charge in [-0.1, -0.05) is 54.1 Å². The summed E-state index contributed by atoms with van der Waals surface area (Å²) in [6.07, 6.45) is 0.943. The Labute approximate surface area is 218 Å². The van der Waals surface area contributed by atoms with Gasteiger partial charge in [0, 0.05) is 11.6 Å². The van der Waals surface area contributed by atoms with Crippen molar-refractivity contribution in [2.75, 3.05) is 13.7 Å². The molecule has 6 nitrogen and oxygen atoms in total. The number of ether oxygens (including phenoxy) is 2. The zero-order valence-electron chi connectivity index (χ0n) is 21.0. The topological polar surface area (TPSA) is 81.7 Å². The van der Waals surface area contributed by atoms with Gasteiger partial charge in [-0.3, -0.25) is 0 Å². The van der Waals surface area contributed by atoms with E-state index in [1.807, 2.05) is 57.2 Å². The molecule has 0 aromatic heterocycles. The number of halogens is 1. The number of sulfone groups is 1. The molecule has 0 heterocycles. The van der Waals surface area contributed by atoms with Crippen LogP contribution in [0.2, 0.25) is 5.02 Å². The summed E-state index contributed by atoms with van der Waals surface area (Å²) in [4.78, 5) is 11.9. The molecule has 0 unspecified atom stereocenters. The van der Waals surface area contributed by atoms with Gasteiger partial charge in [-0.2, -0.15) is 0 Å². The first-order chi connectivity index (χ1) is 17.0. The first kappa shape index (κ1) is 27.6. The Hall–Kier alpha value is -3.03. The molecule has 3 rings (SSSR count). The summed E-state index contributed by atoms with van der Waals surface area (Å²) in [5.74, 6) is 0.136. The number of nitrogens with one attached hydrogen (secondary N) is 1. The van der Waals surface area contributed by atoms with E-state index in [9.17, 15) is 13.2 Å². The summed E-state index contributed by atoms with van der Waals surface area (Å²) in [7, 11) is -2.24. The molecule has 0 saturated heterocycles. The molecule has 1 amide bonds. The van der Waals surface area contributed by atoms with E-state index in [4.69, 9.17) is 21.1 Å². The van der Waals surface area contributed by atoms with Crippen molar-refractivity contribution in [3.05, 3.63) is 82.9 Å². The van der Waals surface area contributed by atoms with Crippen LogP contribution in [0.4, 0.5) is 4.79 Å². The average Bonchev–Trinajstić information content (AvgIpc) is 2.80. The van der Waals surface area contributed by atoms with Crippen LogP contribution in [-0.2, 0) is 26.7 Å². The second-order valence-electron chi connectivity index (χ2n) is 9.49. The van der Waals surface area contributed by atoms with Crippen molar-refractivity contribution in [2.24, 2.45) is 0 Å². The van der Waals surface area contributed by atoms with Crippen molar-refractivity contribution in [2.45, 2.75) is 49.9 Å². The summed E-state index contributed by atoms with van der Waals surface area (Å²) in [5.41, 5.74) is 2.70. The maximum absolute atomic E-state index is 13.4. The molecule has 0 bridgehead atoms. The molecule has 0 atom stereocenters. The maximum atomic E-state index is 13.4. The van der Waals surface area contributed by atoms with Crippen molar-refractivity contribution in [3.63, 3.8) is 0 Å². The van der Waals surface area contributed by atoms with E-state index in [0.717, 1.165) is 16.7 Å². The standard InChI is InChI=1S/C28H32ClNO5S/c1-28(2,3)35-27(31)30-15-7-10-20-8-5-9-21(16-20)19-36(32,33)26-18-23(13-14-25(26)34-4)22-11-6-12-24(29)17-22/h5-6,8-9,11-14,16-18H,7,10,15,19H2,1-4H3,(H,30,31). The van der Waals surface area contributed by atoms with E-state index in [1.54, 1.807) is 30.3 Å². The van der Waals surface area contributed by atoms with Crippen molar-refractivity contribution >= 4 is 27.5 Å². The lowest BCUT2D eigenvalue weighted by Gasteiger charge is -2.19. The van der Waals surface area contributed by atoms with Gasteiger partial charge in [0.15, 0.2) is 9.84 Å². The number of hydrogen-bond donors (Lipinski definition) is 1. The van der Waals surface area contributed by atoms with Crippen molar-refractivity contribution in [1.82, 2.24) is 5.32 Å². The molecule has 0 fully saturated rings. The van der Waals surface area contributed by atoms with Crippen molar-refractivity contribution in [3.8, 4) is 16.9 Å². The van der Waals surface area contributed by atoms with Crippen LogP contribution in [-0.4, -0.2) is 33.8 Å². The molecule has 3 aromatic rings. The summed E-state index contributed by atoms with van der Waals surface area (Å²) < 4.78 is 37.5. The molecular weight excluding hydrogens is 498 g/mol. The molecular formula is C28H32ClNO5S. The van der Waals surface area contributed by atoms with E-state index in [1.165, 1.54) is 7.11 Å². The molecule has 0 saturated carbocycles. The Morgan fingerprint density at radius 2 is 1.64 bits per heavy atom. The minimum atomic E-state index is -3.70. The number of rotatable bonds is 9. The number of aryl methyl sites for hydroxylation is 1. The van der Waals surface area contributed by atoms with Crippen LogP contribution in [0.1, 0.15) is 38.3 Å². The first-order valence-corrected chi connectivity index (χ1v) is 13.7. The van der Waals surface area contributed by atoms with Gasteiger partial charge < -0.3 is 14.8 Å². The van der Waals surface area contributed by atoms with Gasteiger partial charge in [-0.05, 0) is 80.1 Å². The normalized spacial score (nSPS) is 11.7. The predicted octanol–water partition coefficient (Wildman–Crippen LogP) is 6.45. The van der Waals surface area contributed by atoms with Crippen LogP contribution in [0.15, 0.2) is 71.6 Å². The second kappa shape index (κ2) is 11.8. The fraction of sp³-hybridized carbons (Fsp3) is 0.321. The number of hydrogen-bond acceptors (Lipinski definition) is 5. The number of benzene rings is 3. The van der Waals surface area contributed by atoms with Crippen LogP contribution in [0, 0.1) is 0 Å². The number of amides is 1. The van der Waals surface area contributed by atoms with Gasteiger partial charge in [-0.15, -0.1) is 0 Å². The molecule has 0 radical (unpaired) electrons. The van der Waals surface area contributed by atoms with Gasteiger partial charge in [0.05, 0.1) is 12.9 Å². The highest BCUT2D eigenvalue weighted by Crippen LogP contribution is 2.32. The molecule has 192 valence electrons. The van der Waals surface area contributed by atoms with Crippen LogP contribution in [0.5, 0.6) is 5.75 Å². The summed E-state index contributed by atoms with van der Waals surface area (Å²) in [6, 6.07) is 19.9. The third-order valence-electron chi connectivity index (χ3n) is 5.32. The van der Waals surface area contributed by atoms with Gasteiger partial charge in [-0.25, -0.2) is 13.2 Å². The third kappa shape index (κ3) is 8.00. The smallest absolute Gasteiger partial charge is 0.407 e. The summed E-state index contributed by atoms with van der Waals surface area (Å²) in [5, 5.41) is 3.31. The van der Waals surface area contributed by atoms with Gasteiger partial charge in [0.25, 0.3) is 0 Å². The quantitative estimate of drug-likeness (QED) is 0.322. The zero-order valence-corrected chi connectivity index (χ0v) is 22.6. The molecule has 3 aromatic carbocycles. The van der Waals surface area contributed by atoms with E-state index in [-0.39, 0.29) is 10.6 Å².